The molecule has 0 aliphatic heterocycles. The van der Waals surface area contributed by atoms with Gasteiger partial charge in [-0.3, -0.25) is 0 Å². The highest BCUT2D eigenvalue weighted by Crippen LogP contribution is 2.11. The molecule has 0 unspecified atom stereocenters. The summed E-state index contributed by atoms with van der Waals surface area (Å²) in [6, 6.07) is 7.52. The van der Waals surface area contributed by atoms with Crippen LogP contribution in [0.25, 0.3) is 0 Å². The maximum atomic E-state index is 12.1. The first kappa shape index (κ1) is 15.6. The van der Waals surface area contributed by atoms with Gasteiger partial charge in [-0.25, -0.2) is 13.1 Å². The average Bonchev–Trinajstić information content (AvgIpc) is 2.43. The van der Waals surface area contributed by atoms with Gasteiger partial charge >= 0.3 is 0 Å². The summed E-state index contributed by atoms with van der Waals surface area (Å²) >= 11 is 0. The van der Waals surface area contributed by atoms with Crippen LogP contribution in [0.2, 0.25) is 0 Å². The number of hydrogen-bond acceptors (Lipinski definition) is 4. The lowest BCUT2D eigenvalue weighted by atomic mass is 10.1. The zero-order valence-electron chi connectivity index (χ0n) is 11.0. The Morgan fingerprint density at radius 2 is 2.00 bits per heavy atom. The standard InChI is InChI=1S/C13H19N3O2S/c1-2-3-4-12(10-15)16-19(17,18)13-7-5-11(9-14)6-8-13/h5-8,12,16H,2-4,10,15H2,1H3/t12-/m0/s1. The van der Waals surface area contributed by atoms with Gasteiger partial charge in [0.2, 0.25) is 10.0 Å². The lowest BCUT2D eigenvalue weighted by molar-refractivity contribution is 0.516. The fraction of sp³-hybridized carbons (Fsp3) is 0.462. The Morgan fingerprint density at radius 3 is 2.47 bits per heavy atom. The van der Waals surface area contributed by atoms with E-state index in [0.717, 1.165) is 19.3 Å². The van der Waals surface area contributed by atoms with E-state index in [9.17, 15) is 8.42 Å². The summed E-state index contributed by atoms with van der Waals surface area (Å²) in [6.45, 7) is 2.32. The number of sulfonamides is 1. The molecule has 0 spiro atoms. The van der Waals surface area contributed by atoms with Crippen LogP contribution >= 0.6 is 0 Å². The summed E-state index contributed by atoms with van der Waals surface area (Å²) in [7, 11) is -3.57. The second kappa shape index (κ2) is 7.24. The van der Waals surface area contributed by atoms with Crippen LogP contribution < -0.4 is 10.5 Å². The van der Waals surface area contributed by atoms with Crippen molar-refractivity contribution in [2.45, 2.75) is 37.1 Å². The van der Waals surface area contributed by atoms with Crippen molar-refractivity contribution in [3.63, 3.8) is 0 Å². The monoisotopic (exact) mass is 281 g/mol. The molecule has 0 aromatic heterocycles. The normalized spacial score (nSPS) is 12.9. The van der Waals surface area contributed by atoms with Gasteiger partial charge in [0, 0.05) is 12.6 Å². The van der Waals surface area contributed by atoms with Gasteiger partial charge in [0.05, 0.1) is 16.5 Å². The van der Waals surface area contributed by atoms with Gasteiger partial charge in [-0.15, -0.1) is 0 Å². The molecule has 0 aliphatic carbocycles. The van der Waals surface area contributed by atoms with Crippen LogP contribution in [0.15, 0.2) is 29.2 Å². The number of benzene rings is 1. The molecule has 0 bridgehead atoms. The summed E-state index contributed by atoms with van der Waals surface area (Å²) in [5.74, 6) is 0. The fourth-order valence-corrected chi connectivity index (χ4v) is 2.95. The lowest BCUT2D eigenvalue weighted by Gasteiger charge is -2.16. The van der Waals surface area contributed by atoms with E-state index >= 15 is 0 Å². The molecule has 104 valence electrons. The van der Waals surface area contributed by atoms with Crippen LogP contribution in [0.1, 0.15) is 31.7 Å². The van der Waals surface area contributed by atoms with Crippen molar-refractivity contribution in [2.75, 3.05) is 6.54 Å². The van der Waals surface area contributed by atoms with Crippen molar-refractivity contribution in [2.24, 2.45) is 5.73 Å². The van der Waals surface area contributed by atoms with Crippen molar-refractivity contribution >= 4 is 10.0 Å². The third-order valence-electron chi connectivity index (χ3n) is 2.81. The molecular formula is C13H19N3O2S. The lowest BCUT2D eigenvalue weighted by Crippen LogP contribution is -2.40. The second-order valence-electron chi connectivity index (χ2n) is 4.33. The summed E-state index contributed by atoms with van der Waals surface area (Å²) in [4.78, 5) is 0.154. The average molecular weight is 281 g/mol. The highest BCUT2D eigenvalue weighted by molar-refractivity contribution is 7.89. The molecule has 19 heavy (non-hydrogen) atoms. The fourth-order valence-electron chi connectivity index (χ4n) is 1.67. The number of hydrogen-bond donors (Lipinski definition) is 2. The van der Waals surface area contributed by atoms with Gasteiger partial charge in [0.15, 0.2) is 0 Å². The minimum Gasteiger partial charge on any atom is -0.329 e. The van der Waals surface area contributed by atoms with E-state index in [1.54, 1.807) is 0 Å². The topological polar surface area (TPSA) is 96.0 Å². The van der Waals surface area contributed by atoms with E-state index in [-0.39, 0.29) is 17.5 Å². The molecular weight excluding hydrogens is 262 g/mol. The van der Waals surface area contributed by atoms with Gasteiger partial charge < -0.3 is 5.73 Å². The molecule has 0 heterocycles. The zero-order chi connectivity index (χ0) is 14.3. The summed E-state index contributed by atoms with van der Waals surface area (Å²) < 4.78 is 26.8. The first-order valence-electron chi connectivity index (χ1n) is 6.26. The van der Waals surface area contributed by atoms with Crippen LogP contribution in [0.5, 0.6) is 0 Å². The Balaban J connectivity index is 2.81. The van der Waals surface area contributed by atoms with Crippen molar-refractivity contribution in [3.05, 3.63) is 29.8 Å². The minimum atomic E-state index is -3.57. The first-order chi connectivity index (χ1) is 9.03. The van der Waals surface area contributed by atoms with Crippen LogP contribution in [0, 0.1) is 11.3 Å². The largest absolute Gasteiger partial charge is 0.329 e. The van der Waals surface area contributed by atoms with Gasteiger partial charge in [-0.1, -0.05) is 19.8 Å². The quantitative estimate of drug-likeness (QED) is 0.788. The molecule has 1 aromatic carbocycles. The zero-order valence-corrected chi connectivity index (χ0v) is 11.8. The summed E-state index contributed by atoms with van der Waals surface area (Å²) in [5, 5.41) is 8.68. The van der Waals surface area contributed by atoms with Gasteiger partial charge in [-0.05, 0) is 30.7 Å². The molecule has 6 heteroatoms. The molecule has 3 N–H and O–H groups in total. The number of nitrogens with zero attached hydrogens (tertiary/aromatic N) is 1. The van der Waals surface area contributed by atoms with Crippen molar-refractivity contribution in [1.29, 1.82) is 5.26 Å². The number of unbranched alkanes of at least 4 members (excludes halogenated alkanes) is 1. The molecule has 0 aliphatic rings. The Hall–Kier alpha value is -1.42. The SMILES string of the molecule is CCCC[C@@H](CN)NS(=O)(=O)c1ccc(C#N)cc1. The Morgan fingerprint density at radius 1 is 1.37 bits per heavy atom. The van der Waals surface area contributed by atoms with E-state index in [0.29, 0.717) is 5.56 Å². The third kappa shape index (κ3) is 4.63. The molecule has 0 saturated heterocycles. The predicted octanol–water partition coefficient (Wildman–Crippen LogP) is 1.35. The number of rotatable bonds is 7. The van der Waals surface area contributed by atoms with E-state index in [4.69, 9.17) is 11.0 Å². The second-order valence-corrected chi connectivity index (χ2v) is 6.05. The molecule has 5 nitrogen and oxygen atoms in total. The van der Waals surface area contributed by atoms with Gasteiger partial charge in [0.1, 0.15) is 0 Å². The smallest absolute Gasteiger partial charge is 0.240 e. The Kier molecular flexibility index (Phi) is 5.96. The molecule has 0 radical (unpaired) electrons. The molecule has 1 aromatic rings. The maximum absolute atomic E-state index is 12.1. The van der Waals surface area contributed by atoms with E-state index in [1.807, 2.05) is 13.0 Å². The number of nitriles is 1. The highest BCUT2D eigenvalue weighted by Gasteiger charge is 2.18. The molecule has 1 rings (SSSR count). The van der Waals surface area contributed by atoms with E-state index in [2.05, 4.69) is 4.72 Å². The van der Waals surface area contributed by atoms with Crippen LogP contribution in [0.3, 0.4) is 0 Å². The van der Waals surface area contributed by atoms with Crippen molar-refractivity contribution < 1.29 is 8.42 Å². The minimum absolute atomic E-state index is 0.154. The van der Waals surface area contributed by atoms with E-state index in [1.165, 1.54) is 24.3 Å². The van der Waals surface area contributed by atoms with Crippen LogP contribution in [-0.4, -0.2) is 21.0 Å². The highest BCUT2D eigenvalue weighted by atomic mass is 32.2. The van der Waals surface area contributed by atoms with Gasteiger partial charge in [0.25, 0.3) is 0 Å². The number of nitrogens with two attached hydrogens (primary N) is 1. The molecule has 0 fully saturated rings. The van der Waals surface area contributed by atoms with Gasteiger partial charge in [-0.2, -0.15) is 5.26 Å². The predicted molar refractivity (Wildman–Crippen MR) is 73.8 cm³/mol. The summed E-state index contributed by atoms with van der Waals surface area (Å²) in [6.07, 6.45) is 2.65. The Labute approximate surface area is 114 Å². The Bertz CT molecular complexity index is 532. The molecule has 0 saturated carbocycles. The summed E-state index contributed by atoms with van der Waals surface area (Å²) in [5.41, 5.74) is 6.01. The molecule has 1 atom stereocenters. The first-order valence-corrected chi connectivity index (χ1v) is 7.74. The van der Waals surface area contributed by atoms with E-state index < -0.39 is 10.0 Å². The van der Waals surface area contributed by atoms with Crippen molar-refractivity contribution in [1.82, 2.24) is 4.72 Å². The van der Waals surface area contributed by atoms with Crippen molar-refractivity contribution in [3.8, 4) is 6.07 Å². The number of nitrogens with one attached hydrogen (secondary N) is 1. The molecule has 0 amide bonds. The third-order valence-corrected chi connectivity index (χ3v) is 4.34. The van der Waals surface area contributed by atoms with Crippen LogP contribution in [0.4, 0.5) is 0 Å². The van der Waals surface area contributed by atoms with Crippen LogP contribution in [-0.2, 0) is 10.0 Å². The maximum Gasteiger partial charge on any atom is 0.240 e.